The monoisotopic (exact) mass is 647 g/mol. The molecule has 9 nitrogen and oxygen atoms in total. The van der Waals surface area contributed by atoms with Gasteiger partial charge in [-0.05, 0) is 61.4 Å². The topological polar surface area (TPSA) is 141 Å². The van der Waals surface area contributed by atoms with E-state index in [-0.39, 0.29) is 12.1 Å². The third-order valence-electron chi connectivity index (χ3n) is 7.24. The molecule has 0 saturated heterocycles. The summed E-state index contributed by atoms with van der Waals surface area (Å²) in [7, 11) is -4.22. The molecule has 1 fully saturated rings. The Labute approximate surface area is 261 Å². The zero-order chi connectivity index (χ0) is 31.0. The highest BCUT2D eigenvalue weighted by molar-refractivity contribution is 7.89. The van der Waals surface area contributed by atoms with E-state index in [2.05, 4.69) is 21.8 Å². The molecule has 13 heteroatoms. The lowest BCUT2D eigenvalue weighted by atomic mass is 9.96. The molecule has 1 aliphatic carbocycles. The Morgan fingerprint density at radius 3 is 2.68 bits per heavy atom. The molecule has 44 heavy (non-hydrogen) atoms. The molecule has 0 aliphatic heterocycles. The number of thiazole rings is 2. The van der Waals surface area contributed by atoms with Gasteiger partial charge in [0.2, 0.25) is 15.2 Å². The Kier molecular flexibility index (Phi) is 8.17. The van der Waals surface area contributed by atoms with Crippen molar-refractivity contribution < 1.29 is 22.7 Å². The van der Waals surface area contributed by atoms with Crippen LogP contribution in [0, 0.1) is 30.5 Å². The minimum Gasteiger partial charge on any atom is -0.476 e. The fourth-order valence-corrected chi connectivity index (χ4v) is 6.90. The summed E-state index contributed by atoms with van der Waals surface area (Å²) in [5.74, 6) is 4.88. The lowest BCUT2D eigenvalue weighted by molar-refractivity contribution is 0.0691. The minimum atomic E-state index is -4.22. The van der Waals surface area contributed by atoms with Gasteiger partial charge in [0, 0.05) is 28.5 Å². The second kappa shape index (κ2) is 12.0. The van der Waals surface area contributed by atoms with E-state index in [1.54, 1.807) is 16.9 Å². The van der Waals surface area contributed by atoms with E-state index in [4.69, 9.17) is 10.2 Å². The third kappa shape index (κ3) is 6.63. The number of nitrogens with zero attached hydrogens (tertiary/aromatic N) is 4. The molecule has 2 aromatic carbocycles. The van der Waals surface area contributed by atoms with Gasteiger partial charge in [0.1, 0.15) is 10.7 Å². The van der Waals surface area contributed by atoms with Crippen LogP contribution in [0.4, 0.5) is 4.39 Å². The molecule has 0 unspecified atom stereocenters. The average Bonchev–Trinajstić information content (AvgIpc) is 3.33. The van der Waals surface area contributed by atoms with Gasteiger partial charge in [0.25, 0.3) is 0 Å². The zero-order valence-corrected chi connectivity index (χ0v) is 25.9. The lowest BCUT2D eigenvalue weighted by Gasteiger charge is -2.10. The van der Waals surface area contributed by atoms with Crippen LogP contribution in [0.3, 0.4) is 0 Å². The van der Waals surface area contributed by atoms with Crippen LogP contribution in [0.1, 0.15) is 62.0 Å². The average molecular weight is 648 g/mol. The number of hydrogen-bond donors (Lipinski definition) is 2. The summed E-state index contributed by atoms with van der Waals surface area (Å²) in [5.41, 5.74) is 4.26. The number of primary sulfonamides is 1. The van der Waals surface area contributed by atoms with E-state index in [9.17, 15) is 22.7 Å². The maximum absolute atomic E-state index is 14.9. The highest BCUT2D eigenvalue weighted by Gasteiger charge is 2.27. The van der Waals surface area contributed by atoms with Crippen LogP contribution >= 0.6 is 22.7 Å². The van der Waals surface area contributed by atoms with Gasteiger partial charge >= 0.3 is 5.97 Å². The van der Waals surface area contributed by atoms with Gasteiger partial charge in [-0.2, -0.15) is 5.10 Å². The second-order valence-corrected chi connectivity index (χ2v) is 14.2. The molecule has 6 rings (SSSR count). The highest BCUT2D eigenvalue weighted by atomic mass is 32.2. The van der Waals surface area contributed by atoms with Crippen LogP contribution in [0.2, 0.25) is 0 Å². The number of hydrogen-bond acceptors (Lipinski definition) is 8. The first-order valence-corrected chi connectivity index (χ1v) is 17.0. The van der Waals surface area contributed by atoms with E-state index in [1.807, 2.05) is 31.2 Å². The number of aromatic nitrogens is 4. The third-order valence-corrected chi connectivity index (χ3v) is 9.83. The SMILES string of the molecule is Cc1ncc(C#Cc2cccc(-c3nn(-c4nc(C(=O)O)cs4)c(CCC4CC4)c3Cc3ccc(S(N)(=O)=O)c(F)c3)c2)s1. The molecular formula is C31H26FN5O4S3. The fourth-order valence-electron chi connectivity index (χ4n) is 4.91. The smallest absolute Gasteiger partial charge is 0.355 e. The summed E-state index contributed by atoms with van der Waals surface area (Å²) >= 11 is 2.69. The summed E-state index contributed by atoms with van der Waals surface area (Å²) in [6.07, 6.45) is 5.84. The van der Waals surface area contributed by atoms with Crippen LogP contribution in [0.5, 0.6) is 0 Å². The highest BCUT2D eigenvalue weighted by Crippen LogP contribution is 2.37. The van der Waals surface area contributed by atoms with Crippen molar-refractivity contribution in [1.82, 2.24) is 19.7 Å². The van der Waals surface area contributed by atoms with Crippen LogP contribution in [0.25, 0.3) is 16.4 Å². The Morgan fingerprint density at radius 1 is 1.20 bits per heavy atom. The van der Waals surface area contributed by atoms with E-state index >= 15 is 0 Å². The molecule has 1 saturated carbocycles. The Hall–Kier alpha value is -4.22. The van der Waals surface area contributed by atoms with Crippen LogP contribution in [0.15, 0.2) is 58.9 Å². The molecule has 0 bridgehead atoms. The summed E-state index contributed by atoms with van der Waals surface area (Å²) in [4.78, 5) is 20.5. The minimum absolute atomic E-state index is 0.0760. The molecule has 3 N–H and O–H groups in total. The Bertz CT molecular complexity index is 2070. The van der Waals surface area contributed by atoms with Crippen molar-refractivity contribution in [1.29, 1.82) is 0 Å². The van der Waals surface area contributed by atoms with Gasteiger partial charge in [-0.25, -0.2) is 37.4 Å². The van der Waals surface area contributed by atoms with Crippen LogP contribution in [-0.4, -0.2) is 39.2 Å². The molecule has 3 aromatic heterocycles. The number of sulfonamides is 1. The Balaban J connectivity index is 1.49. The summed E-state index contributed by atoms with van der Waals surface area (Å²) < 4.78 is 40.2. The number of rotatable bonds is 9. The predicted octanol–water partition coefficient (Wildman–Crippen LogP) is 5.58. The number of nitrogens with two attached hydrogens (primary N) is 1. The molecule has 1 aliphatic rings. The molecule has 0 radical (unpaired) electrons. The van der Waals surface area contributed by atoms with E-state index in [0.29, 0.717) is 28.7 Å². The normalized spacial score (nSPS) is 13.1. The molecule has 3 heterocycles. The van der Waals surface area contributed by atoms with E-state index in [0.717, 1.165) is 51.5 Å². The first-order chi connectivity index (χ1) is 21.0. The van der Waals surface area contributed by atoms with Crippen molar-refractivity contribution in [2.24, 2.45) is 11.1 Å². The maximum atomic E-state index is 14.9. The number of carbonyl (C=O) groups is 1. The fraction of sp³-hybridized carbons (Fsp3) is 0.226. The number of aromatic carboxylic acids is 1. The van der Waals surface area contributed by atoms with Crippen molar-refractivity contribution in [2.75, 3.05) is 0 Å². The van der Waals surface area contributed by atoms with Crippen molar-refractivity contribution in [3.63, 3.8) is 0 Å². The molecule has 0 spiro atoms. The molecule has 224 valence electrons. The summed E-state index contributed by atoms with van der Waals surface area (Å²) in [5, 5.41) is 22.5. The first-order valence-electron chi connectivity index (χ1n) is 13.7. The van der Waals surface area contributed by atoms with Gasteiger partial charge in [0.05, 0.1) is 27.5 Å². The molecule has 0 amide bonds. The zero-order valence-electron chi connectivity index (χ0n) is 23.4. The maximum Gasteiger partial charge on any atom is 0.355 e. The second-order valence-electron chi connectivity index (χ2n) is 10.5. The van der Waals surface area contributed by atoms with Gasteiger partial charge < -0.3 is 5.11 Å². The van der Waals surface area contributed by atoms with Gasteiger partial charge in [-0.15, -0.1) is 22.7 Å². The number of halogens is 1. The quantitative estimate of drug-likeness (QED) is 0.199. The lowest BCUT2D eigenvalue weighted by Crippen LogP contribution is -2.14. The van der Waals surface area contributed by atoms with Crippen molar-refractivity contribution >= 4 is 38.7 Å². The first kappa shape index (κ1) is 29.8. The van der Waals surface area contributed by atoms with Gasteiger partial charge in [-0.1, -0.05) is 37.0 Å². The van der Waals surface area contributed by atoms with E-state index < -0.39 is 26.7 Å². The summed E-state index contributed by atoms with van der Waals surface area (Å²) in [6.45, 7) is 1.92. The number of carboxylic acids is 1. The largest absolute Gasteiger partial charge is 0.476 e. The van der Waals surface area contributed by atoms with Gasteiger partial charge in [0.15, 0.2) is 5.69 Å². The van der Waals surface area contributed by atoms with Crippen molar-refractivity contribution in [2.45, 2.75) is 43.9 Å². The van der Waals surface area contributed by atoms with Crippen LogP contribution < -0.4 is 5.14 Å². The molecule has 5 aromatic rings. The van der Waals surface area contributed by atoms with E-state index in [1.165, 1.54) is 40.2 Å². The van der Waals surface area contributed by atoms with Crippen molar-refractivity contribution in [3.8, 4) is 28.2 Å². The summed E-state index contributed by atoms with van der Waals surface area (Å²) in [6, 6.07) is 11.5. The Morgan fingerprint density at radius 2 is 2.02 bits per heavy atom. The van der Waals surface area contributed by atoms with Gasteiger partial charge in [-0.3, -0.25) is 0 Å². The number of benzene rings is 2. The molecule has 0 atom stereocenters. The number of aryl methyl sites for hydroxylation is 1. The van der Waals surface area contributed by atoms with Crippen molar-refractivity contribution in [3.05, 3.63) is 97.8 Å². The molecular weight excluding hydrogens is 622 g/mol. The predicted molar refractivity (Wildman–Crippen MR) is 166 cm³/mol. The standard InChI is InChI=1S/C31H26FN5O4S3/c1-18-34-16-23(43-18)10-7-20-3-2-4-22(13-20)29-24(14-21-9-12-28(25(32)15-21)44(33,40)41)27(11-8-19-5-6-19)37(36-29)31-35-26(17-42-31)30(38)39/h2-4,9,12-13,15-17,19H,5-6,8,11,14H2,1H3,(H,38,39)(H2,33,40,41). The van der Waals surface area contributed by atoms with Crippen LogP contribution in [-0.2, 0) is 22.9 Å². The number of carboxylic acid groups (broad SMARTS) is 1.